The van der Waals surface area contributed by atoms with Crippen LogP contribution >= 0.6 is 22.9 Å². The molecule has 1 aromatic rings. The van der Waals surface area contributed by atoms with Crippen molar-refractivity contribution in [2.75, 3.05) is 25.9 Å². The number of halogens is 1. The molecule has 0 saturated carbocycles. The maximum Gasteiger partial charge on any atom is 0.182 e. The van der Waals surface area contributed by atoms with Crippen LogP contribution in [0.25, 0.3) is 5.57 Å². The van der Waals surface area contributed by atoms with E-state index in [0.29, 0.717) is 9.47 Å². The second-order valence-electron chi connectivity index (χ2n) is 3.43. The van der Waals surface area contributed by atoms with Crippen LogP contribution in [0.2, 0.25) is 4.34 Å². The first-order valence-electron chi connectivity index (χ1n) is 4.46. The van der Waals surface area contributed by atoms with Crippen LogP contribution in [0.1, 0.15) is 12.1 Å². The molecule has 2 N–H and O–H groups in total. The molecule has 0 radical (unpaired) electrons. The third-order valence-corrected chi connectivity index (χ3v) is 3.33. The Balaban J connectivity index is 2.30. The first kappa shape index (κ1) is 9.96. The van der Waals surface area contributed by atoms with Gasteiger partial charge in [0.1, 0.15) is 4.34 Å². The molecule has 0 bridgehead atoms. The molecule has 76 valence electrons. The van der Waals surface area contributed by atoms with Crippen molar-refractivity contribution in [2.45, 2.75) is 6.42 Å². The molecule has 1 aliphatic rings. The Morgan fingerprint density at radius 2 is 2.43 bits per heavy atom. The summed E-state index contributed by atoms with van der Waals surface area (Å²) in [6.07, 6.45) is 3.25. The van der Waals surface area contributed by atoms with Crippen molar-refractivity contribution < 1.29 is 0 Å². The fraction of sp³-hybridized carbons (Fsp3) is 0.444. The molecule has 1 aromatic heterocycles. The van der Waals surface area contributed by atoms with Gasteiger partial charge in [0.25, 0.3) is 0 Å². The Bertz CT molecular complexity index is 372. The molecule has 2 heterocycles. The number of nitrogen functional groups attached to an aromatic ring is 1. The van der Waals surface area contributed by atoms with E-state index in [1.165, 1.54) is 16.9 Å². The highest BCUT2D eigenvalue weighted by Crippen LogP contribution is 2.32. The van der Waals surface area contributed by atoms with Gasteiger partial charge in [-0.3, -0.25) is 0 Å². The monoisotopic (exact) mass is 229 g/mol. The molecular weight excluding hydrogens is 218 g/mol. The van der Waals surface area contributed by atoms with E-state index >= 15 is 0 Å². The van der Waals surface area contributed by atoms with Gasteiger partial charge in [-0.2, -0.15) is 0 Å². The van der Waals surface area contributed by atoms with E-state index in [9.17, 15) is 0 Å². The minimum absolute atomic E-state index is 0.541. The van der Waals surface area contributed by atoms with E-state index in [1.807, 2.05) is 0 Å². The van der Waals surface area contributed by atoms with Crippen molar-refractivity contribution >= 4 is 33.6 Å². The highest BCUT2D eigenvalue weighted by Gasteiger charge is 2.16. The Kier molecular flexibility index (Phi) is 2.76. The van der Waals surface area contributed by atoms with Crippen molar-refractivity contribution in [1.29, 1.82) is 0 Å². The molecule has 0 saturated heterocycles. The minimum atomic E-state index is 0.541. The smallest absolute Gasteiger partial charge is 0.182 e. The number of hydrogen-bond donors (Lipinski definition) is 1. The minimum Gasteiger partial charge on any atom is -0.375 e. The third-order valence-electron chi connectivity index (χ3n) is 2.25. The van der Waals surface area contributed by atoms with Crippen molar-refractivity contribution in [2.24, 2.45) is 0 Å². The second-order valence-corrected chi connectivity index (χ2v) is 5.06. The fourth-order valence-electron chi connectivity index (χ4n) is 1.58. The van der Waals surface area contributed by atoms with E-state index in [0.717, 1.165) is 25.2 Å². The van der Waals surface area contributed by atoms with Gasteiger partial charge in [0.05, 0.1) is 5.69 Å². The van der Waals surface area contributed by atoms with Crippen LogP contribution in [0.3, 0.4) is 0 Å². The normalized spacial score (nSPS) is 18.3. The van der Waals surface area contributed by atoms with Crippen LogP contribution in [-0.4, -0.2) is 30.0 Å². The Morgan fingerprint density at radius 1 is 1.64 bits per heavy atom. The van der Waals surface area contributed by atoms with Gasteiger partial charge in [0.2, 0.25) is 0 Å². The van der Waals surface area contributed by atoms with Gasteiger partial charge in [0.15, 0.2) is 5.13 Å². The first-order chi connectivity index (χ1) is 6.66. The molecule has 1 aliphatic heterocycles. The lowest BCUT2D eigenvalue weighted by atomic mass is 10.1. The van der Waals surface area contributed by atoms with Crippen molar-refractivity contribution in [3.63, 3.8) is 0 Å². The lowest BCUT2D eigenvalue weighted by Gasteiger charge is -2.21. The summed E-state index contributed by atoms with van der Waals surface area (Å²) in [7, 11) is 2.09. The molecule has 0 atom stereocenters. The summed E-state index contributed by atoms with van der Waals surface area (Å²) in [5, 5.41) is 0.541. The molecule has 3 nitrogen and oxygen atoms in total. The number of hydrogen-bond acceptors (Lipinski definition) is 4. The molecule has 2 rings (SSSR count). The molecule has 5 heteroatoms. The summed E-state index contributed by atoms with van der Waals surface area (Å²) in [6.45, 7) is 2.00. The summed E-state index contributed by atoms with van der Waals surface area (Å²) in [6, 6.07) is 0. The van der Waals surface area contributed by atoms with E-state index in [1.54, 1.807) is 0 Å². The summed E-state index contributed by atoms with van der Waals surface area (Å²) in [4.78, 5) is 6.49. The van der Waals surface area contributed by atoms with Crippen LogP contribution in [0.5, 0.6) is 0 Å². The fourth-order valence-corrected chi connectivity index (χ4v) is 2.58. The quantitative estimate of drug-likeness (QED) is 0.802. The molecule has 14 heavy (non-hydrogen) atoms. The number of nitrogens with two attached hydrogens (primary N) is 1. The molecule has 0 amide bonds. The molecule has 0 aromatic carbocycles. The lowest BCUT2D eigenvalue weighted by molar-refractivity contribution is 0.372. The Hall–Kier alpha value is -0.580. The lowest BCUT2D eigenvalue weighted by Crippen LogP contribution is -2.25. The molecule has 0 unspecified atom stereocenters. The summed E-state index contributed by atoms with van der Waals surface area (Å²) >= 11 is 7.38. The van der Waals surface area contributed by atoms with Gasteiger partial charge < -0.3 is 10.6 Å². The van der Waals surface area contributed by atoms with E-state index in [-0.39, 0.29) is 0 Å². The zero-order chi connectivity index (χ0) is 10.1. The predicted octanol–water partition coefficient (Wildman–Crippen LogP) is 2.10. The maximum atomic E-state index is 6.04. The van der Waals surface area contributed by atoms with Gasteiger partial charge in [-0.1, -0.05) is 29.0 Å². The molecule has 0 aliphatic carbocycles. The summed E-state index contributed by atoms with van der Waals surface area (Å²) < 4.78 is 0.698. The van der Waals surface area contributed by atoms with Crippen molar-refractivity contribution in [3.05, 3.63) is 16.1 Å². The number of anilines is 1. The topological polar surface area (TPSA) is 42.2 Å². The van der Waals surface area contributed by atoms with Crippen LogP contribution in [0.4, 0.5) is 5.13 Å². The van der Waals surface area contributed by atoms with Crippen LogP contribution in [0, 0.1) is 0 Å². The zero-order valence-corrected chi connectivity index (χ0v) is 9.53. The molecular formula is C9H12ClN3S. The van der Waals surface area contributed by atoms with Crippen LogP contribution < -0.4 is 5.73 Å². The van der Waals surface area contributed by atoms with Gasteiger partial charge >= 0.3 is 0 Å². The predicted molar refractivity (Wildman–Crippen MR) is 61.6 cm³/mol. The third kappa shape index (κ3) is 1.92. The summed E-state index contributed by atoms with van der Waals surface area (Å²) in [5.41, 5.74) is 7.66. The van der Waals surface area contributed by atoms with E-state index in [2.05, 4.69) is 23.0 Å². The highest BCUT2D eigenvalue weighted by molar-refractivity contribution is 7.19. The first-order valence-corrected chi connectivity index (χ1v) is 5.66. The number of rotatable bonds is 1. The van der Waals surface area contributed by atoms with Gasteiger partial charge in [-0.25, -0.2) is 4.98 Å². The van der Waals surface area contributed by atoms with Crippen molar-refractivity contribution in [1.82, 2.24) is 9.88 Å². The van der Waals surface area contributed by atoms with E-state index < -0.39 is 0 Å². The largest absolute Gasteiger partial charge is 0.375 e. The number of likely N-dealkylation sites (N-methyl/N-ethyl adjacent to an activating group) is 1. The molecule has 0 fully saturated rings. The van der Waals surface area contributed by atoms with Gasteiger partial charge in [-0.05, 0) is 19.0 Å². The highest BCUT2D eigenvalue weighted by atomic mass is 35.5. The maximum absolute atomic E-state index is 6.04. The average Bonchev–Trinajstić information content (AvgIpc) is 2.45. The average molecular weight is 230 g/mol. The Morgan fingerprint density at radius 3 is 3.00 bits per heavy atom. The van der Waals surface area contributed by atoms with Crippen molar-refractivity contribution in [3.8, 4) is 0 Å². The number of aromatic nitrogens is 1. The van der Waals surface area contributed by atoms with Crippen LogP contribution in [-0.2, 0) is 0 Å². The second kappa shape index (κ2) is 3.88. The van der Waals surface area contributed by atoms with Gasteiger partial charge in [-0.15, -0.1) is 0 Å². The standard InChI is InChI=1S/C9H12ClN3S/c1-13-4-2-3-6(5-13)7-8(10)14-9(11)12-7/h3H,2,4-5H2,1H3,(H2,11,12). The Labute approximate surface area is 92.2 Å². The number of thiazole rings is 1. The van der Waals surface area contributed by atoms with Gasteiger partial charge in [0, 0.05) is 13.1 Å². The van der Waals surface area contributed by atoms with Crippen LogP contribution in [0.15, 0.2) is 6.08 Å². The molecule has 0 spiro atoms. The SMILES string of the molecule is CN1CCC=C(c2nc(N)sc2Cl)C1. The van der Waals surface area contributed by atoms with E-state index in [4.69, 9.17) is 17.3 Å². The number of nitrogens with zero attached hydrogens (tertiary/aromatic N) is 2. The summed E-state index contributed by atoms with van der Waals surface area (Å²) in [5.74, 6) is 0. The zero-order valence-electron chi connectivity index (χ0n) is 7.96.